The summed E-state index contributed by atoms with van der Waals surface area (Å²) in [6, 6.07) is 7.99. The number of aliphatic hydroxyl groups excluding tert-OH is 1. The molecular weight excluding hydrogens is 212 g/mol. The maximum Gasteiger partial charge on any atom is 0.137 e. The zero-order valence-electron chi connectivity index (χ0n) is 10.9. The highest BCUT2D eigenvalue weighted by Crippen LogP contribution is 2.38. The smallest absolute Gasteiger partial charge is 0.137 e. The molecule has 0 amide bonds. The molecule has 17 heavy (non-hydrogen) atoms. The third kappa shape index (κ3) is 2.09. The van der Waals surface area contributed by atoms with Crippen LogP contribution in [0.25, 0.3) is 11.0 Å². The molecule has 0 fully saturated rings. The van der Waals surface area contributed by atoms with E-state index in [1.807, 2.05) is 31.2 Å². The summed E-state index contributed by atoms with van der Waals surface area (Å²) in [4.78, 5) is 0. The molecule has 1 aromatic heterocycles. The number of para-hydroxylation sites is 1. The summed E-state index contributed by atoms with van der Waals surface area (Å²) in [7, 11) is 0. The summed E-state index contributed by atoms with van der Waals surface area (Å²) >= 11 is 0. The highest BCUT2D eigenvalue weighted by atomic mass is 16.4. The van der Waals surface area contributed by atoms with Gasteiger partial charge in [0.15, 0.2) is 0 Å². The molecule has 0 aliphatic heterocycles. The minimum absolute atomic E-state index is 0.165. The van der Waals surface area contributed by atoms with Crippen molar-refractivity contribution in [2.75, 3.05) is 0 Å². The predicted molar refractivity (Wildman–Crippen MR) is 70.0 cm³/mol. The lowest BCUT2D eigenvalue weighted by Crippen LogP contribution is -2.20. The molecule has 0 saturated heterocycles. The van der Waals surface area contributed by atoms with Gasteiger partial charge in [-0.2, -0.15) is 0 Å². The van der Waals surface area contributed by atoms with Gasteiger partial charge in [0, 0.05) is 5.39 Å². The first kappa shape index (κ1) is 12.2. The van der Waals surface area contributed by atoms with E-state index in [9.17, 15) is 5.11 Å². The SMILES string of the molecule is CCC(C)(C)C(O)c1cc2cccc(C)c2o1. The van der Waals surface area contributed by atoms with Crippen molar-refractivity contribution in [1.29, 1.82) is 0 Å². The average Bonchev–Trinajstić information content (AvgIpc) is 2.73. The average molecular weight is 232 g/mol. The molecule has 1 aromatic carbocycles. The van der Waals surface area contributed by atoms with E-state index < -0.39 is 6.10 Å². The van der Waals surface area contributed by atoms with Crippen molar-refractivity contribution < 1.29 is 9.52 Å². The Balaban J connectivity index is 2.47. The van der Waals surface area contributed by atoms with Gasteiger partial charge in [0.25, 0.3) is 0 Å². The third-order valence-electron chi connectivity index (χ3n) is 3.68. The fourth-order valence-electron chi connectivity index (χ4n) is 1.94. The van der Waals surface area contributed by atoms with Crippen LogP contribution in [0.15, 0.2) is 28.7 Å². The largest absolute Gasteiger partial charge is 0.458 e. The maximum absolute atomic E-state index is 10.3. The molecule has 2 heteroatoms. The second-order valence-electron chi connectivity index (χ2n) is 5.39. The van der Waals surface area contributed by atoms with E-state index in [-0.39, 0.29) is 5.41 Å². The van der Waals surface area contributed by atoms with Gasteiger partial charge in [0.2, 0.25) is 0 Å². The number of benzene rings is 1. The lowest BCUT2D eigenvalue weighted by Gasteiger charge is -2.27. The van der Waals surface area contributed by atoms with Crippen molar-refractivity contribution >= 4 is 11.0 Å². The molecule has 0 saturated carbocycles. The molecule has 1 heterocycles. The van der Waals surface area contributed by atoms with E-state index in [1.165, 1.54) is 0 Å². The van der Waals surface area contributed by atoms with E-state index in [0.717, 1.165) is 23.0 Å². The van der Waals surface area contributed by atoms with Gasteiger partial charge in [0.1, 0.15) is 17.4 Å². The molecule has 2 nitrogen and oxygen atoms in total. The van der Waals surface area contributed by atoms with Crippen molar-refractivity contribution in [3.63, 3.8) is 0 Å². The minimum Gasteiger partial charge on any atom is -0.458 e. The van der Waals surface area contributed by atoms with E-state index in [0.29, 0.717) is 5.76 Å². The second-order valence-corrected chi connectivity index (χ2v) is 5.39. The van der Waals surface area contributed by atoms with Crippen molar-refractivity contribution in [3.05, 3.63) is 35.6 Å². The molecule has 0 aliphatic carbocycles. The summed E-state index contributed by atoms with van der Waals surface area (Å²) in [6.07, 6.45) is 0.351. The van der Waals surface area contributed by atoms with Gasteiger partial charge in [-0.15, -0.1) is 0 Å². The second kappa shape index (κ2) is 4.19. The number of hydrogen-bond donors (Lipinski definition) is 1. The number of fused-ring (bicyclic) bond motifs is 1. The number of aliphatic hydroxyl groups is 1. The van der Waals surface area contributed by atoms with Crippen molar-refractivity contribution in [3.8, 4) is 0 Å². The zero-order valence-corrected chi connectivity index (χ0v) is 10.9. The Morgan fingerprint density at radius 2 is 2.06 bits per heavy atom. The van der Waals surface area contributed by atoms with Gasteiger partial charge in [-0.3, -0.25) is 0 Å². The summed E-state index contributed by atoms with van der Waals surface area (Å²) in [5.74, 6) is 0.668. The van der Waals surface area contributed by atoms with Crippen molar-refractivity contribution in [1.82, 2.24) is 0 Å². The van der Waals surface area contributed by atoms with Gasteiger partial charge in [-0.25, -0.2) is 0 Å². The van der Waals surface area contributed by atoms with Crippen LogP contribution < -0.4 is 0 Å². The fraction of sp³-hybridized carbons (Fsp3) is 0.467. The Labute approximate surface area is 102 Å². The van der Waals surface area contributed by atoms with Gasteiger partial charge in [0.05, 0.1) is 0 Å². The van der Waals surface area contributed by atoms with E-state index in [4.69, 9.17) is 4.42 Å². The fourth-order valence-corrected chi connectivity index (χ4v) is 1.94. The van der Waals surface area contributed by atoms with E-state index >= 15 is 0 Å². The Hall–Kier alpha value is -1.28. The maximum atomic E-state index is 10.3. The summed E-state index contributed by atoms with van der Waals surface area (Å²) in [6.45, 7) is 8.21. The number of aryl methyl sites for hydroxylation is 1. The Morgan fingerprint density at radius 3 is 2.65 bits per heavy atom. The predicted octanol–water partition coefficient (Wildman–Crippen LogP) is 4.21. The van der Waals surface area contributed by atoms with E-state index in [2.05, 4.69) is 20.8 Å². The van der Waals surface area contributed by atoms with E-state index in [1.54, 1.807) is 0 Å². The molecule has 0 aliphatic rings. The van der Waals surface area contributed by atoms with Gasteiger partial charge < -0.3 is 9.52 Å². The monoisotopic (exact) mass is 232 g/mol. The summed E-state index contributed by atoms with van der Waals surface area (Å²) in [5, 5.41) is 11.4. The van der Waals surface area contributed by atoms with Crippen LogP contribution in [0.1, 0.15) is 44.6 Å². The Morgan fingerprint density at radius 1 is 1.35 bits per heavy atom. The number of furan rings is 1. The lowest BCUT2D eigenvalue weighted by molar-refractivity contribution is 0.0299. The van der Waals surface area contributed by atoms with Gasteiger partial charge in [-0.1, -0.05) is 39.0 Å². The molecule has 0 radical (unpaired) electrons. The van der Waals surface area contributed by atoms with Crippen LogP contribution in [0.3, 0.4) is 0 Å². The molecule has 2 rings (SSSR count). The lowest BCUT2D eigenvalue weighted by atomic mass is 9.83. The first-order chi connectivity index (χ1) is 7.95. The van der Waals surface area contributed by atoms with Crippen LogP contribution in [0.2, 0.25) is 0 Å². The number of hydrogen-bond acceptors (Lipinski definition) is 2. The molecule has 0 bridgehead atoms. The standard InChI is InChI=1S/C15H20O2/c1-5-15(3,4)14(16)12-9-11-8-6-7-10(2)13(11)17-12/h6-9,14,16H,5H2,1-4H3. The van der Waals surface area contributed by atoms with Crippen LogP contribution >= 0.6 is 0 Å². The molecule has 1 atom stereocenters. The number of rotatable bonds is 3. The topological polar surface area (TPSA) is 33.4 Å². The normalized spacial score (nSPS) is 14.2. The molecule has 1 N–H and O–H groups in total. The van der Waals surface area contributed by atoms with Crippen LogP contribution in [0.4, 0.5) is 0 Å². The molecule has 1 unspecified atom stereocenters. The molecular formula is C15H20O2. The first-order valence-corrected chi connectivity index (χ1v) is 6.13. The van der Waals surface area contributed by atoms with Crippen LogP contribution in [0.5, 0.6) is 0 Å². The van der Waals surface area contributed by atoms with Crippen molar-refractivity contribution in [2.24, 2.45) is 5.41 Å². The molecule has 2 aromatic rings. The summed E-state index contributed by atoms with van der Waals surface area (Å²) in [5.41, 5.74) is 1.82. The third-order valence-corrected chi connectivity index (χ3v) is 3.68. The van der Waals surface area contributed by atoms with Gasteiger partial charge >= 0.3 is 0 Å². The zero-order chi connectivity index (χ0) is 12.6. The minimum atomic E-state index is -0.556. The Bertz CT molecular complexity index is 523. The van der Waals surface area contributed by atoms with Gasteiger partial charge in [-0.05, 0) is 30.4 Å². The van der Waals surface area contributed by atoms with Crippen LogP contribution in [-0.4, -0.2) is 5.11 Å². The molecule has 0 spiro atoms. The first-order valence-electron chi connectivity index (χ1n) is 6.13. The van der Waals surface area contributed by atoms with Crippen LogP contribution in [0, 0.1) is 12.3 Å². The Kier molecular flexibility index (Phi) is 3.00. The summed E-state index contributed by atoms with van der Waals surface area (Å²) < 4.78 is 5.80. The van der Waals surface area contributed by atoms with Crippen molar-refractivity contribution in [2.45, 2.75) is 40.2 Å². The van der Waals surface area contributed by atoms with Crippen LogP contribution in [-0.2, 0) is 0 Å². The molecule has 92 valence electrons. The highest BCUT2D eigenvalue weighted by Gasteiger charge is 2.30. The highest BCUT2D eigenvalue weighted by molar-refractivity contribution is 5.80. The quantitative estimate of drug-likeness (QED) is 0.859.